The summed E-state index contributed by atoms with van der Waals surface area (Å²) in [6.07, 6.45) is 6.51. The summed E-state index contributed by atoms with van der Waals surface area (Å²) in [5, 5.41) is 10.1. The number of carbonyl (C=O) groups excluding carboxylic acids is 2. The van der Waals surface area contributed by atoms with Crippen LogP contribution >= 0.6 is 11.3 Å². The molecule has 0 aliphatic heterocycles. The van der Waals surface area contributed by atoms with Gasteiger partial charge in [-0.1, -0.05) is 0 Å². The van der Waals surface area contributed by atoms with Crippen molar-refractivity contribution in [3.05, 3.63) is 38.1 Å². The lowest BCUT2D eigenvalue weighted by molar-refractivity contribution is -0.117. The van der Waals surface area contributed by atoms with Crippen molar-refractivity contribution in [2.75, 3.05) is 17.2 Å². The first-order chi connectivity index (χ1) is 15.0. The van der Waals surface area contributed by atoms with Crippen LogP contribution in [0.1, 0.15) is 58.6 Å². The minimum Gasteiger partial charge on any atom is -0.353 e. The number of carbonyl (C=O) groups is 2. The van der Waals surface area contributed by atoms with Gasteiger partial charge in [-0.25, -0.2) is 4.98 Å². The van der Waals surface area contributed by atoms with E-state index in [0.29, 0.717) is 41.1 Å². The van der Waals surface area contributed by atoms with Crippen molar-refractivity contribution in [2.24, 2.45) is 11.8 Å². The largest absolute Gasteiger partial charge is 0.353 e. The van der Waals surface area contributed by atoms with E-state index in [2.05, 4.69) is 25.9 Å². The zero-order valence-electron chi connectivity index (χ0n) is 17.5. The van der Waals surface area contributed by atoms with Crippen LogP contribution in [0.25, 0.3) is 0 Å². The number of thiophene rings is 1. The van der Waals surface area contributed by atoms with Gasteiger partial charge < -0.3 is 16.0 Å². The lowest BCUT2D eigenvalue weighted by atomic mass is 9.91. The highest BCUT2D eigenvalue weighted by Crippen LogP contribution is 2.40. The third-order valence-electron chi connectivity index (χ3n) is 6.13. The van der Waals surface area contributed by atoms with Gasteiger partial charge in [-0.2, -0.15) is 0 Å². The Morgan fingerprint density at radius 2 is 2.03 bits per heavy atom. The number of anilines is 2. The minimum atomic E-state index is -0.188. The highest BCUT2D eigenvalue weighted by atomic mass is 32.1. The zero-order chi connectivity index (χ0) is 21.5. The van der Waals surface area contributed by atoms with Crippen molar-refractivity contribution in [3.8, 4) is 0 Å². The standard InChI is InChI=1S/C22H27N5O3S/c1-11-8-17(28)26-22(24-11)25-14-6-7-16-15(9-14)18(20(30)23-10-12-2-3-12)21(31-16)27-19(29)13-4-5-13/h8,12-14H,2-7,9-10H2,1H3,(H,23,30)(H,27,29)(H2,24,25,26,28). The number of rotatable bonds is 7. The summed E-state index contributed by atoms with van der Waals surface area (Å²) in [5.41, 5.74) is 2.09. The number of hydrogen-bond donors (Lipinski definition) is 4. The number of nitrogens with zero attached hydrogens (tertiary/aromatic N) is 1. The molecule has 2 saturated carbocycles. The molecule has 0 saturated heterocycles. The van der Waals surface area contributed by atoms with Crippen LogP contribution in [0.15, 0.2) is 10.9 Å². The molecule has 8 nitrogen and oxygen atoms in total. The highest BCUT2D eigenvalue weighted by molar-refractivity contribution is 7.17. The maximum Gasteiger partial charge on any atom is 0.254 e. The fraction of sp³-hybridized carbons (Fsp3) is 0.545. The quantitative estimate of drug-likeness (QED) is 0.527. The van der Waals surface area contributed by atoms with Gasteiger partial charge >= 0.3 is 0 Å². The van der Waals surface area contributed by atoms with Crippen LogP contribution < -0.4 is 21.5 Å². The van der Waals surface area contributed by atoms with Crippen molar-refractivity contribution in [3.63, 3.8) is 0 Å². The van der Waals surface area contributed by atoms with Crippen LogP contribution in [-0.2, 0) is 17.6 Å². The van der Waals surface area contributed by atoms with E-state index in [1.165, 1.54) is 30.2 Å². The molecule has 164 valence electrons. The molecule has 0 spiro atoms. The van der Waals surface area contributed by atoms with E-state index in [4.69, 9.17) is 0 Å². The fourth-order valence-electron chi connectivity index (χ4n) is 4.08. The van der Waals surface area contributed by atoms with Gasteiger partial charge in [-0.3, -0.25) is 19.4 Å². The van der Waals surface area contributed by atoms with E-state index in [1.54, 1.807) is 6.92 Å². The number of nitrogens with one attached hydrogen (secondary N) is 4. The van der Waals surface area contributed by atoms with Gasteiger partial charge in [0, 0.05) is 35.1 Å². The molecule has 1 atom stereocenters. The normalized spacial score (nSPS) is 20.1. The van der Waals surface area contributed by atoms with Gasteiger partial charge in [-0.15, -0.1) is 11.3 Å². The third-order valence-corrected chi connectivity index (χ3v) is 7.34. The molecule has 1 unspecified atom stereocenters. The van der Waals surface area contributed by atoms with E-state index < -0.39 is 0 Å². The Kier molecular flexibility index (Phi) is 5.29. The number of aromatic amines is 1. The van der Waals surface area contributed by atoms with Crippen molar-refractivity contribution < 1.29 is 9.59 Å². The first-order valence-corrected chi connectivity index (χ1v) is 11.9. The van der Waals surface area contributed by atoms with Crippen molar-refractivity contribution in [2.45, 2.75) is 57.9 Å². The Labute approximate surface area is 184 Å². The average Bonchev–Trinajstić information content (AvgIpc) is 3.62. The van der Waals surface area contributed by atoms with E-state index in [9.17, 15) is 14.4 Å². The first-order valence-electron chi connectivity index (χ1n) is 11.0. The second kappa shape index (κ2) is 8.11. The van der Waals surface area contributed by atoms with Crippen LogP contribution in [0.2, 0.25) is 0 Å². The molecule has 3 aliphatic carbocycles. The van der Waals surface area contributed by atoms with Crippen LogP contribution in [0, 0.1) is 18.8 Å². The first kappa shape index (κ1) is 20.2. The summed E-state index contributed by atoms with van der Waals surface area (Å²) in [7, 11) is 0. The Bertz CT molecular complexity index is 1080. The average molecular weight is 442 g/mol. The van der Waals surface area contributed by atoms with Crippen LogP contribution in [0.4, 0.5) is 10.9 Å². The number of hydrogen-bond acceptors (Lipinski definition) is 6. The molecule has 0 radical (unpaired) electrons. The number of aryl methyl sites for hydroxylation is 2. The predicted octanol–water partition coefficient (Wildman–Crippen LogP) is 2.60. The van der Waals surface area contributed by atoms with Crippen LogP contribution in [0.3, 0.4) is 0 Å². The number of aromatic nitrogens is 2. The Morgan fingerprint density at radius 3 is 2.74 bits per heavy atom. The van der Waals surface area contributed by atoms with Crippen molar-refractivity contribution in [1.29, 1.82) is 0 Å². The molecular weight excluding hydrogens is 414 g/mol. The topological polar surface area (TPSA) is 116 Å². The third kappa shape index (κ3) is 4.66. The fourth-order valence-corrected chi connectivity index (χ4v) is 5.33. The van der Waals surface area contributed by atoms with Gasteiger partial charge in [0.2, 0.25) is 11.9 Å². The van der Waals surface area contributed by atoms with Crippen molar-refractivity contribution in [1.82, 2.24) is 15.3 Å². The van der Waals surface area contributed by atoms with E-state index in [0.717, 1.165) is 36.1 Å². The molecule has 2 heterocycles. The molecule has 2 amide bonds. The smallest absolute Gasteiger partial charge is 0.254 e. The molecule has 3 aliphatic rings. The van der Waals surface area contributed by atoms with Gasteiger partial charge in [0.25, 0.3) is 11.5 Å². The maximum atomic E-state index is 13.1. The van der Waals surface area contributed by atoms with Gasteiger partial charge in [-0.05, 0) is 63.4 Å². The molecule has 0 bridgehead atoms. The Morgan fingerprint density at radius 1 is 1.23 bits per heavy atom. The lowest BCUT2D eigenvalue weighted by Gasteiger charge is -2.24. The monoisotopic (exact) mass is 441 g/mol. The molecule has 2 aromatic heterocycles. The molecule has 5 rings (SSSR count). The summed E-state index contributed by atoms with van der Waals surface area (Å²) in [5.74, 6) is 1.04. The second-order valence-electron chi connectivity index (χ2n) is 8.94. The summed E-state index contributed by atoms with van der Waals surface area (Å²) >= 11 is 1.53. The van der Waals surface area contributed by atoms with Gasteiger partial charge in [0.05, 0.1) is 5.56 Å². The summed E-state index contributed by atoms with van der Waals surface area (Å²) in [6, 6.07) is 1.51. The van der Waals surface area contributed by atoms with Gasteiger partial charge in [0.15, 0.2) is 0 Å². The SMILES string of the molecule is Cc1cc(=O)[nH]c(NC2CCc3sc(NC(=O)C4CC4)c(C(=O)NCC4CC4)c3C2)n1. The highest BCUT2D eigenvalue weighted by Gasteiger charge is 2.34. The molecule has 0 aromatic carbocycles. The zero-order valence-corrected chi connectivity index (χ0v) is 18.4. The van der Waals surface area contributed by atoms with Crippen LogP contribution in [-0.4, -0.2) is 34.4 Å². The summed E-state index contributed by atoms with van der Waals surface area (Å²) in [4.78, 5) is 45.6. The summed E-state index contributed by atoms with van der Waals surface area (Å²) in [6.45, 7) is 2.48. The minimum absolute atomic E-state index is 0.0195. The summed E-state index contributed by atoms with van der Waals surface area (Å²) < 4.78 is 0. The van der Waals surface area contributed by atoms with E-state index in [-0.39, 0.29) is 29.3 Å². The van der Waals surface area contributed by atoms with Crippen molar-refractivity contribution >= 4 is 34.1 Å². The Hall–Kier alpha value is -2.68. The molecule has 2 aromatic rings. The molecule has 2 fully saturated rings. The van der Waals surface area contributed by atoms with E-state index in [1.807, 2.05) is 0 Å². The molecule has 4 N–H and O–H groups in total. The predicted molar refractivity (Wildman–Crippen MR) is 120 cm³/mol. The van der Waals surface area contributed by atoms with Crippen LogP contribution in [0.5, 0.6) is 0 Å². The maximum absolute atomic E-state index is 13.1. The van der Waals surface area contributed by atoms with E-state index >= 15 is 0 Å². The number of fused-ring (bicyclic) bond motifs is 1. The molecule has 31 heavy (non-hydrogen) atoms. The second-order valence-corrected chi connectivity index (χ2v) is 10.0. The Balaban J connectivity index is 1.39. The molecule has 9 heteroatoms. The lowest BCUT2D eigenvalue weighted by Crippen LogP contribution is -2.32. The number of H-pyrrole nitrogens is 1. The van der Waals surface area contributed by atoms with Gasteiger partial charge in [0.1, 0.15) is 5.00 Å². The number of amides is 2. The molecular formula is C22H27N5O3S.